The van der Waals surface area contributed by atoms with Gasteiger partial charge in [-0.05, 0) is 31.4 Å². The fourth-order valence-electron chi connectivity index (χ4n) is 2.47. The molecule has 0 radical (unpaired) electrons. The lowest BCUT2D eigenvalue weighted by Gasteiger charge is -2.36. The minimum absolute atomic E-state index is 0.646. The molecule has 1 aliphatic heterocycles. The normalized spacial score (nSPS) is 25.8. The van der Waals surface area contributed by atoms with Gasteiger partial charge in [-0.25, -0.2) is 0 Å². The second kappa shape index (κ2) is 6.70. The van der Waals surface area contributed by atoms with Gasteiger partial charge in [0.2, 0.25) is 0 Å². The Hall–Kier alpha value is -0.820. The molecule has 1 aromatic carbocycles. The predicted molar refractivity (Wildman–Crippen MR) is 71.6 cm³/mol. The Morgan fingerprint density at radius 1 is 1.06 bits per heavy atom. The summed E-state index contributed by atoms with van der Waals surface area (Å²) < 4.78 is 0. The Morgan fingerprint density at radius 2 is 1.69 bits per heavy atom. The maximum Gasteiger partial charge on any atom is 0.0345 e. The summed E-state index contributed by atoms with van der Waals surface area (Å²) >= 11 is 0. The second-order valence-corrected chi connectivity index (χ2v) is 4.55. The highest BCUT2D eigenvalue weighted by Crippen LogP contribution is 2.31. The predicted octanol–water partition coefficient (Wildman–Crippen LogP) is 4.12. The molecule has 1 heterocycles. The summed E-state index contributed by atoms with van der Waals surface area (Å²) in [6.07, 6.45) is 2.67. The van der Waals surface area contributed by atoms with Crippen LogP contribution in [0.15, 0.2) is 30.3 Å². The van der Waals surface area contributed by atoms with Crippen LogP contribution in [0, 0.1) is 5.92 Å². The molecule has 1 nitrogen and oxygen atoms in total. The molecule has 16 heavy (non-hydrogen) atoms. The van der Waals surface area contributed by atoms with Gasteiger partial charge in [0, 0.05) is 12.6 Å². The third kappa shape index (κ3) is 3.34. The number of hydrogen-bond acceptors (Lipinski definition) is 1. The molecule has 2 atom stereocenters. The molecule has 1 unspecified atom stereocenters. The van der Waals surface area contributed by atoms with Crippen molar-refractivity contribution in [2.24, 2.45) is 5.92 Å². The maximum atomic E-state index is 2.49. The first-order valence-electron chi connectivity index (χ1n) is 6.52. The molecule has 0 bridgehead atoms. The van der Waals surface area contributed by atoms with Crippen molar-refractivity contribution in [1.29, 1.82) is 0 Å². The summed E-state index contributed by atoms with van der Waals surface area (Å²) in [5, 5.41) is 0. The molecule has 0 aliphatic carbocycles. The third-order valence-electron chi connectivity index (χ3n) is 3.25. The molecule has 0 saturated carbocycles. The molecular formula is C15H25N. The summed E-state index contributed by atoms with van der Waals surface area (Å²) in [7, 11) is 2.24. The topological polar surface area (TPSA) is 3.24 Å². The van der Waals surface area contributed by atoms with Crippen molar-refractivity contribution in [3.05, 3.63) is 35.9 Å². The van der Waals surface area contributed by atoms with Gasteiger partial charge < -0.3 is 0 Å². The molecule has 0 amide bonds. The summed E-state index contributed by atoms with van der Waals surface area (Å²) in [5.41, 5.74) is 1.47. The van der Waals surface area contributed by atoms with Crippen molar-refractivity contribution in [1.82, 2.24) is 4.90 Å². The molecule has 1 saturated heterocycles. The van der Waals surface area contributed by atoms with E-state index in [1.807, 2.05) is 13.8 Å². The van der Waals surface area contributed by atoms with Gasteiger partial charge >= 0.3 is 0 Å². The van der Waals surface area contributed by atoms with Crippen LogP contribution in [0.3, 0.4) is 0 Å². The molecule has 1 heteroatoms. The van der Waals surface area contributed by atoms with Crippen LogP contribution >= 0.6 is 0 Å². The van der Waals surface area contributed by atoms with E-state index in [0.29, 0.717) is 6.04 Å². The van der Waals surface area contributed by atoms with E-state index in [0.717, 1.165) is 5.92 Å². The molecule has 0 N–H and O–H groups in total. The van der Waals surface area contributed by atoms with Gasteiger partial charge in [0.15, 0.2) is 0 Å². The van der Waals surface area contributed by atoms with Crippen LogP contribution < -0.4 is 0 Å². The smallest absolute Gasteiger partial charge is 0.0345 e. The fraction of sp³-hybridized carbons (Fsp3) is 0.600. The van der Waals surface area contributed by atoms with Crippen LogP contribution in [-0.2, 0) is 0 Å². The SMILES string of the molecule is CC.C[C@@H]1CCC(c2ccccc2)N(C)C1. The van der Waals surface area contributed by atoms with Crippen molar-refractivity contribution in [3.8, 4) is 0 Å². The van der Waals surface area contributed by atoms with Crippen molar-refractivity contribution in [3.63, 3.8) is 0 Å². The van der Waals surface area contributed by atoms with E-state index >= 15 is 0 Å². The average molecular weight is 219 g/mol. The van der Waals surface area contributed by atoms with E-state index in [-0.39, 0.29) is 0 Å². The van der Waals surface area contributed by atoms with Gasteiger partial charge in [0.05, 0.1) is 0 Å². The number of hydrogen-bond donors (Lipinski definition) is 0. The van der Waals surface area contributed by atoms with Gasteiger partial charge in [-0.2, -0.15) is 0 Å². The zero-order valence-corrected chi connectivity index (χ0v) is 11.1. The van der Waals surface area contributed by atoms with Crippen LogP contribution in [0.25, 0.3) is 0 Å². The van der Waals surface area contributed by atoms with Gasteiger partial charge in [0.25, 0.3) is 0 Å². The van der Waals surface area contributed by atoms with Crippen LogP contribution in [0.2, 0.25) is 0 Å². The van der Waals surface area contributed by atoms with Crippen LogP contribution in [0.5, 0.6) is 0 Å². The number of likely N-dealkylation sites (tertiary alicyclic amines) is 1. The van der Waals surface area contributed by atoms with E-state index in [4.69, 9.17) is 0 Å². The minimum atomic E-state index is 0.646. The molecule has 0 aromatic heterocycles. The first kappa shape index (κ1) is 13.2. The number of rotatable bonds is 1. The van der Waals surface area contributed by atoms with Crippen LogP contribution in [0.1, 0.15) is 45.2 Å². The van der Waals surface area contributed by atoms with Crippen molar-refractivity contribution < 1.29 is 0 Å². The fourth-order valence-corrected chi connectivity index (χ4v) is 2.47. The number of benzene rings is 1. The van der Waals surface area contributed by atoms with Crippen molar-refractivity contribution in [2.75, 3.05) is 13.6 Å². The Bertz CT molecular complexity index is 281. The summed E-state index contributed by atoms with van der Waals surface area (Å²) in [4.78, 5) is 2.49. The van der Waals surface area contributed by atoms with Gasteiger partial charge in [-0.3, -0.25) is 4.90 Å². The molecule has 2 rings (SSSR count). The molecular weight excluding hydrogens is 194 g/mol. The highest BCUT2D eigenvalue weighted by atomic mass is 15.1. The molecule has 0 spiro atoms. The Labute approximate surface area is 100 Å². The van der Waals surface area contributed by atoms with Gasteiger partial charge in [-0.1, -0.05) is 51.1 Å². The molecule has 90 valence electrons. The quantitative estimate of drug-likeness (QED) is 0.687. The standard InChI is InChI=1S/C13H19N.C2H6/c1-11-8-9-13(14(2)10-11)12-6-4-3-5-7-12;1-2/h3-7,11,13H,8-10H2,1-2H3;1-2H3/t11-,13?;/m1./s1. The van der Waals surface area contributed by atoms with Crippen LogP contribution in [-0.4, -0.2) is 18.5 Å². The number of nitrogens with zero attached hydrogens (tertiary/aromatic N) is 1. The summed E-state index contributed by atoms with van der Waals surface area (Å²) in [5.74, 6) is 0.861. The Balaban J connectivity index is 0.000000606. The lowest BCUT2D eigenvalue weighted by molar-refractivity contribution is 0.146. The Kier molecular flexibility index (Phi) is 5.54. The third-order valence-corrected chi connectivity index (χ3v) is 3.25. The monoisotopic (exact) mass is 219 g/mol. The van der Waals surface area contributed by atoms with E-state index in [2.05, 4.69) is 49.2 Å². The number of piperidine rings is 1. The average Bonchev–Trinajstić information content (AvgIpc) is 2.33. The molecule has 1 fully saturated rings. The maximum absolute atomic E-state index is 2.49. The molecule has 1 aromatic rings. The van der Waals surface area contributed by atoms with E-state index in [9.17, 15) is 0 Å². The van der Waals surface area contributed by atoms with Gasteiger partial charge in [0.1, 0.15) is 0 Å². The second-order valence-electron chi connectivity index (χ2n) is 4.55. The van der Waals surface area contributed by atoms with Crippen molar-refractivity contribution >= 4 is 0 Å². The van der Waals surface area contributed by atoms with Crippen LogP contribution in [0.4, 0.5) is 0 Å². The lowest BCUT2D eigenvalue weighted by atomic mass is 9.90. The first-order valence-corrected chi connectivity index (χ1v) is 6.52. The largest absolute Gasteiger partial charge is 0.299 e. The van der Waals surface area contributed by atoms with Crippen molar-refractivity contribution in [2.45, 2.75) is 39.7 Å². The van der Waals surface area contributed by atoms with Gasteiger partial charge in [-0.15, -0.1) is 0 Å². The minimum Gasteiger partial charge on any atom is -0.299 e. The lowest BCUT2D eigenvalue weighted by Crippen LogP contribution is -2.33. The zero-order chi connectivity index (χ0) is 12.0. The van der Waals surface area contributed by atoms with E-state index in [1.54, 1.807) is 0 Å². The van der Waals surface area contributed by atoms with E-state index in [1.165, 1.54) is 24.9 Å². The summed E-state index contributed by atoms with van der Waals surface area (Å²) in [6.45, 7) is 7.58. The highest BCUT2D eigenvalue weighted by Gasteiger charge is 2.23. The Morgan fingerprint density at radius 3 is 2.25 bits per heavy atom. The highest BCUT2D eigenvalue weighted by molar-refractivity contribution is 5.19. The first-order chi connectivity index (χ1) is 7.77. The van der Waals surface area contributed by atoms with E-state index < -0.39 is 0 Å². The summed E-state index contributed by atoms with van der Waals surface area (Å²) in [6, 6.07) is 11.5. The molecule has 1 aliphatic rings. The zero-order valence-electron chi connectivity index (χ0n) is 11.1.